The number of nitrogen functional groups attached to an aromatic ring is 1. The van der Waals surface area contributed by atoms with Crippen molar-refractivity contribution in [2.24, 2.45) is 0 Å². The molecule has 0 aliphatic rings. The zero-order valence-electron chi connectivity index (χ0n) is 7.41. The zero-order chi connectivity index (χ0) is 10.8. The Morgan fingerprint density at radius 1 is 1.43 bits per heavy atom. The number of hydrogen-bond acceptors (Lipinski definition) is 3. The molecule has 5 nitrogen and oxygen atoms in total. The average molecular weight is 236 g/mol. The highest BCUT2D eigenvalue weighted by molar-refractivity contribution is 7.90. The summed E-state index contributed by atoms with van der Waals surface area (Å²) < 4.78 is 26.5. The summed E-state index contributed by atoms with van der Waals surface area (Å²) in [6.45, 7) is 0. The van der Waals surface area contributed by atoms with Crippen LogP contribution < -0.4 is 15.2 Å². The van der Waals surface area contributed by atoms with E-state index >= 15 is 0 Å². The Balaban J connectivity index is 2.99. The third kappa shape index (κ3) is 2.76. The predicted octanol–water partition coefficient (Wildman–Crippen LogP) is 0.798. The first-order valence-corrected chi connectivity index (χ1v) is 5.57. The van der Waals surface area contributed by atoms with E-state index in [0.29, 0.717) is 10.7 Å². The van der Waals surface area contributed by atoms with Crippen molar-refractivity contribution in [1.29, 1.82) is 0 Å². The van der Waals surface area contributed by atoms with Crippen LogP contribution in [0.25, 0.3) is 0 Å². The number of rotatable bonds is 3. The van der Waals surface area contributed by atoms with Crippen LogP contribution >= 0.6 is 11.6 Å². The second-order valence-corrected chi connectivity index (χ2v) is 4.60. The molecule has 4 N–H and O–H groups in total. The van der Waals surface area contributed by atoms with Crippen LogP contribution in [0.3, 0.4) is 0 Å². The molecule has 0 bridgehead atoms. The molecule has 1 aromatic rings. The monoisotopic (exact) mass is 235 g/mol. The van der Waals surface area contributed by atoms with Crippen LogP contribution in [-0.4, -0.2) is 15.5 Å². The predicted molar refractivity (Wildman–Crippen MR) is 57.5 cm³/mol. The van der Waals surface area contributed by atoms with E-state index in [4.69, 9.17) is 17.3 Å². The van der Waals surface area contributed by atoms with Crippen molar-refractivity contribution >= 4 is 33.2 Å². The minimum atomic E-state index is -3.53. The maximum atomic E-state index is 11.1. The third-order valence-corrected chi connectivity index (χ3v) is 2.79. The fourth-order valence-corrected chi connectivity index (χ4v) is 1.58. The van der Waals surface area contributed by atoms with Gasteiger partial charge in [0.2, 0.25) is 0 Å². The zero-order valence-corrected chi connectivity index (χ0v) is 8.98. The molecule has 0 amide bonds. The lowest BCUT2D eigenvalue weighted by atomic mass is 10.3. The largest absolute Gasteiger partial charge is 0.397 e. The Kier molecular flexibility index (Phi) is 3.20. The fourth-order valence-electron chi connectivity index (χ4n) is 0.822. The van der Waals surface area contributed by atoms with Gasteiger partial charge in [-0.05, 0) is 18.2 Å². The lowest BCUT2D eigenvalue weighted by Crippen LogP contribution is -2.26. The van der Waals surface area contributed by atoms with Crippen molar-refractivity contribution in [2.75, 3.05) is 17.5 Å². The van der Waals surface area contributed by atoms with Gasteiger partial charge in [0, 0.05) is 12.1 Å². The van der Waals surface area contributed by atoms with Gasteiger partial charge in [0.25, 0.3) is 10.2 Å². The smallest absolute Gasteiger partial charge is 0.298 e. The van der Waals surface area contributed by atoms with Gasteiger partial charge in [-0.1, -0.05) is 11.6 Å². The summed E-state index contributed by atoms with van der Waals surface area (Å²) in [5.41, 5.74) is 6.11. The first-order valence-electron chi connectivity index (χ1n) is 3.71. The van der Waals surface area contributed by atoms with Gasteiger partial charge >= 0.3 is 0 Å². The van der Waals surface area contributed by atoms with Gasteiger partial charge in [0.15, 0.2) is 0 Å². The lowest BCUT2D eigenvalue weighted by molar-refractivity contribution is 0.593. The van der Waals surface area contributed by atoms with Gasteiger partial charge < -0.3 is 5.73 Å². The Hall–Kier alpha value is -0.980. The van der Waals surface area contributed by atoms with E-state index in [9.17, 15) is 8.42 Å². The molecule has 78 valence electrons. The molecule has 0 aliphatic carbocycles. The van der Waals surface area contributed by atoms with E-state index in [1.165, 1.54) is 19.2 Å². The summed E-state index contributed by atoms with van der Waals surface area (Å²) in [5, 5.41) is 0.454. The number of hydrogen-bond donors (Lipinski definition) is 3. The maximum absolute atomic E-state index is 11.1. The quantitative estimate of drug-likeness (QED) is 0.678. The minimum absolute atomic E-state index is 0.274. The van der Waals surface area contributed by atoms with Crippen molar-refractivity contribution in [3.05, 3.63) is 23.2 Å². The van der Waals surface area contributed by atoms with E-state index in [1.54, 1.807) is 6.07 Å². The van der Waals surface area contributed by atoms with Gasteiger partial charge in [0.1, 0.15) is 0 Å². The van der Waals surface area contributed by atoms with Crippen LogP contribution in [-0.2, 0) is 10.2 Å². The van der Waals surface area contributed by atoms with Crippen LogP contribution in [0.15, 0.2) is 18.2 Å². The Labute approximate surface area is 87.4 Å². The van der Waals surface area contributed by atoms with Crippen molar-refractivity contribution < 1.29 is 8.42 Å². The number of halogens is 1. The van der Waals surface area contributed by atoms with Crippen LogP contribution in [0.2, 0.25) is 5.02 Å². The molecule has 0 saturated heterocycles. The second kappa shape index (κ2) is 4.04. The molecule has 0 saturated carbocycles. The molecule has 1 rings (SSSR count). The molecule has 7 heteroatoms. The summed E-state index contributed by atoms with van der Waals surface area (Å²) in [7, 11) is -2.23. The first kappa shape index (κ1) is 11.1. The van der Waals surface area contributed by atoms with Crippen molar-refractivity contribution in [3.63, 3.8) is 0 Å². The molecule has 0 radical (unpaired) electrons. The highest BCUT2D eigenvalue weighted by Crippen LogP contribution is 2.22. The molecule has 0 aliphatic heterocycles. The number of anilines is 2. The van der Waals surface area contributed by atoms with E-state index in [0.717, 1.165) is 0 Å². The molecule has 14 heavy (non-hydrogen) atoms. The first-order chi connectivity index (χ1) is 6.44. The van der Waals surface area contributed by atoms with Crippen LogP contribution in [0.1, 0.15) is 0 Å². The maximum Gasteiger partial charge on any atom is 0.298 e. The van der Waals surface area contributed by atoms with E-state index in [1.807, 2.05) is 0 Å². The fraction of sp³-hybridized carbons (Fsp3) is 0.143. The third-order valence-electron chi connectivity index (χ3n) is 1.53. The Morgan fingerprint density at radius 2 is 2.07 bits per heavy atom. The van der Waals surface area contributed by atoms with Gasteiger partial charge in [-0.15, -0.1) is 0 Å². The summed E-state index contributed by atoms with van der Waals surface area (Å²) in [6.07, 6.45) is 0. The molecule has 0 heterocycles. The van der Waals surface area contributed by atoms with Gasteiger partial charge in [0.05, 0.1) is 11.4 Å². The molecule has 0 fully saturated rings. The van der Waals surface area contributed by atoms with Crippen LogP contribution in [0.5, 0.6) is 0 Å². The van der Waals surface area contributed by atoms with E-state index in [-0.39, 0.29) is 5.69 Å². The van der Waals surface area contributed by atoms with E-state index in [2.05, 4.69) is 9.44 Å². The second-order valence-electron chi connectivity index (χ2n) is 2.54. The van der Waals surface area contributed by atoms with Gasteiger partial charge in [-0.2, -0.15) is 8.42 Å². The summed E-state index contributed by atoms with van der Waals surface area (Å²) in [5.74, 6) is 0. The normalized spacial score (nSPS) is 11.3. The summed E-state index contributed by atoms with van der Waals surface area (Å²) in [4.78, 5) is 0. The molecular weight excluding hydrogens is 226 g/mol. The van der Waals surface area contributed by atoms with Gasteiger partial charge in [-0.3, -0.25) is 4.72 Å². The number of benzene rings is 1. The topological polar surface area (TPSA) is 84.2 Å². The molecule has 1 aromatic carbocycles. The highest BCUT2D eigenvalue weighted by atomic mass is 35.5. The van der Waals surface area contributed by atoms with E-state index < -0.39 is 10.2 Å². The summed E-state index contributed by atoms with van der Waals surface area (Å²) >= 11 is 5.65. The van der Waals surface area contributed by atoms with Crippen molar-refractivity contribution in [2.45, 2.75) is 0 Å². The summed E-state index contributed by atoms with van der Waals surface area (Å²) in [6, 6.07) is 4.51. The minimum Gasteiger partial charge on any atom is -0.397 e. The Bertz CT molecular complexity index is 433. The molecule has 0 spiro atoms. The molecule has 0 aromatic heterocycles. The number of nitrogens with two attached hydrogens (primary N) is 1. The van der Waals surface area contributed by atoms with Crippen molar-refractivity contribution in [1.82, 2.24) is 4.72 Å². The highest BCUT2D eigenvalue weighted by Gasteiger charge is 2.08. The average Bonchev–Trinajstić information content (AvgIpc) is 2.10. The Morgan fingerprint density at radius 3 is 2.57 bits per heavy atom. The molecular formula is C7H10ClN3O2S. The lowest BCUT2D eigenvalue weighted by Gasteiger charge is -2.08. The standard InChI is InChI=1S/C7H10ClN3O2S/c1-10-14(12,13)11-7-3-2-5(8)4-6(7)9/h2-4,10-11H,9H2,1H3. The number of nitrogens with one attached hydrogen (secondary N) is 2. The molecule has 0 atom stereocenters. The van der Waals surface area contributed by atoms with Gasteiger partial charge in [-0.25, -0.2) is 4.72 Å². The molecule has 0 unspecified atom stereocenters. The van der Waals surface area contributed by atoms with Crippen LogP contribution in [0.4, 0.5) is 11.4 Å². The SMILES string of the molecule is CNS(=O)(=O)Nc1ccc(Cl)cc1N. The van der Waals surface area contributed by atoms with Crippen LogP contribution in [0, 0.1) is 0 Å². The van der Waals surface area contributed by atoms with Crippen molar-refractivity contribution in [3.8, 4) is 0 Å².